The summed E-state index contributed by atoms with van der Waals surface area (Å²) in [6.07, 6.45) is 2.52. The van der Waals surface area contributed by atoms with Gasteiger partial charge in [0.15, 0.2) is 0 Å². The Kier molecular flexibility index (Phi) is 3.97. The molecule has 2 nitrogen and oxygen atoms in total. The predicted molar refractivity (Wildman–Crippen MR) is 66.5 cm³/mol. The minimum Gasteiger partial charge on any atom is -0.384 e. The third kappa shape index (κ3) is 2.63. The van der Waals surface area contributed by atoms with Gasteiger partial charge >= 0.3 is 0 Å². The van der Waals surface area contributed by atoms with Crippen LogP contribution in [0.3, 0.4) is 0 Å². The zero-order chi connectivity index (χ0) is 11.4. The van der Waals surface area contributed by atoms with Crippen LogP contribution in [-0.2, 0) is 4.74 Å². The molecule has 0 radical (unpaired) electrons. The summed E-state index contributed by atoms with van der Waals surface area (Å²) in [7, 11) is 1.79. The van der Waals surface area contributed by atoms with Crippen LogP contribution in [0.5, 0.6) is 0 Å². The van der Waals surface area contributed by atoms with E-state index in [9.17, 15) is 0 Å². The summed E-state index contributed by atoms with van der Waals surface area (Å²) in [5.41, 5.74) is 2.74. The smallest absolute Gasteiger partial charge is 0.0508 e. The van der Waals surface area contributed by atoms with Crippen molar-refractivity contribution in [3.63, 3.8) is 0 Å². The number of piperidine rings is 1. The van der Waals surface area contributed by atoms with E-state index < -0.39 is 0 Å². The third-order valence-electron chi connectivity index (χ3n) is 3.37. The Morgan fingerprint density at radius 1 is 1.44 bits per heavy atom. The van der Waals surface area contributed by atoms with Gasteiger partial charge in [-0.3, -0.25) is 0 Å². The maximum atomic E-state index is 5.32. The highest BCUT2D eigenvalue weighted by Crippen LogP contribution is 2.29. The van der Waals surface area contributed by atoms with Gasteiger partial charge in [0.2, 0.25) is 0 Å². The first kappa shape index (κ1) is 11.6. The minimum absolute atomic E-state index is 0.466. The quantitative estimate of drug-likeness (QED) is 0.844. The van der Waals surface area contributed by atoms with Crippen LogP contribution < -0.4 is 5.32 Å². The van der Waals surface area contributed by atoms with E-state index in [0.717, 1.165) is 13.2 Å². The zero-order valence-electron chi connectivity index (χ0n) is 10.2. The standard InChI is InChI=1S/C14H21NO/c1-11-5-3-6-12(9-11)14-13(10-16-2)7-4-8-15-14/h3,5-6,9,13-15H,4,7-8,10H2,1-2H3. The Morgan fingerprint density at radius 2 is 2.31 bits per heavy atom. The molecule has 1 fully saturated rings. The number of rotatable bonds is 3. The molecule has 0 spiro atoms. The molecule has 2 atom stereocenters. The first-order valence-corrected chi connectivity index (χ1v) is 6.10. The molecular formula is C14H21NO. The first-order chi connectivity index (χ1) is 7.81. The van der Waals surface area contributed by atoms with Crippen LogP contribution >= 0.6 is 0 Å². The Labute approximate surface area is 98.0 Å². The molecule has 88 valence electrons. The van der Waals surface area contributed by atoms with Gasteiger partial charge in [0.25, 0.3) is 0 Å². The van der Waals surface area contributed by atoms with Gasteiger partial charge in [-0.05, 0) is 31.9 Å². The van der Waals surface area contributed by atoms with Gasteiger partial charge in [-0.1, -0.05) is 29.8 Å². The number of aryl methyl sites for hydroxylation is 1. The van der Waals surface area contributed by atoms with Crippen molar-refractivity contribution < 1.29 is 4.74 Å². The topological polar surface area (TPSA) is 21.3 Å². The molecule has 2 unspecified atom stereocenters. The van der Waals surface area contributed by atoms with Gasteiger partial charge in [0, 0.05) is 19.1 Å². The number of ether oxygens (including phenoxy) is 1. The highest BCUT2D eigenvalue weighted by Gasteiger charge is 2.25. The Balaban J connectivity index is 2.16. The van der Waals surface area contributed by atoms with Crippen molar-refractivity contribution >= 4 is 0 Å². The van der Waals surface area contributed by atoms with Crippen molar-refractivity contribution in [2.24, 2.45) is 5.92 Å². The van der Waals surface area contributed by atoms with Gasteiger partial charge in [0.1, 0.15) is 0 Å². The number of hydrogen-bond donors (Lipinski definition) is 1. The van der Waals surface area contributed by atoms with Crippen LogP contribution in [0.2, 0.25) is 0 Å². The van der Waals surface area contributed by atoms with Crippen LogP contribution in [0.25, 0.3) is 0 Å². The summed E-state index contributed by atoms with van der Waals surface area (Å²) in [6, 6.07) is 9.26. The molecule has 1 aromatic carbocycles. The van der Waals surface area contributed by atoms with Crippen molar-refractivity contribution in [3.8, 4) is 0 Å². The van der Waals surface area contributed by atoms with E-state index >= 15 is 0 Å². The Morgan fingerprint density at radius 3 is 3.06 bits per heavy atom. The molecule has 1 aliphatic heterocycles. The monoisotopic (exact) mass is 219 g/mol. The Bertz CT molecular complexity index is 335. The molecule has 1 saturated heterocycles. The van der Waals surface area contributed by atoms with Crippen LogP contribution in [0.1, 0.15) is 30.0 Å². The van der Waals surface area contributed by atoms with Crippen LogP contribution in [0.4, 0.5) is 0 Å². The number of benzene rings is 1. The predicted octanol–water partition coefficient (Wildman–Crippen LogP) is 2.68. The average Bonchev–Trinajstić information content (AvgIpc) is 2.30. The fourth-order valence-corrected chi connectivity index (χ4v) is 2.60. The molecule has 0 saturated carbocycles. The van der Waals surface area contributed by atoms with Crippen LogP contribution in [0.15, 0.2) is 24.3 Å². The summed E-state index contributed by atoms with van der Waals surface area (Å²) in [6.45, 7) is 4.13. The molecular weight excluding hydrogens is 198 g/mol. The minimum atomic E-state index is 0.466. The van der Waals surface area contributed by atoms with E-state index in [2.05, 4.69) is 36.5 Å². The van der Waals surface area contributed by atoms with E-state index in [0.29, 0.717) is 12.0 Å². The SMILES string of the molecule is COCC1CCCNC1c1cccc(C)c1. The molecule has 0 aromatic heterocycles. The summed E-state index contributed by atoms with van der Waals surface area (Å²) in [5, 5.41) is 3.62. The van der Waals surface area contributed by atoms with E-state index in [-0.39, 0.29) is 0 Å². The van der Waals surface area contributed by atoms with Gasteiger partial charge in [-0.2, -0.15) is 0 Å². The summed E-state index contributed by atoms with van der Waals surface area (Å²) >= 11 is 0. The first-order valence-electron chi connectivity index (χ1n) is 6.10. The van der Waals surface area contributed by atoms with Gasteiger partial charge in [-0.15, -0.1) is 0 Å². The summed E-state index contributed by atoms with van der Waals surface area (Å²) < 4.78 is 5.32. The normalized spacial score (nSPS) is 25.6. The molecule has 0 bridgehead atoms. The van der Waals surface area contributed by atoms with E-state index in [1.54, 1.807) is 7.11 Å². The maximum Gasteiger partial charge on any atom is 0.0508 e. The highest BCUT2D eigenvalue weighted by molar-refractivity contribution is 5.26. The number of methoxy groups -OCH3 is 1. The molecule has 1 aromatic rings. The van der Waals surface area contributed by atoms with Crippen molar-refractivity contribution in [1.82, 2.24) is 5.32 Å². The maximum absolute atomic E-state index is 5.32. The molecule has 2 heteroatoms. The molecule has 1 N–H and O–H groups in total. The fraction of sp³-hybridized carbons (Fsp3) is 0.571. The second kappa shape index (κ2) is 5.46. The van der Waals surface area contributed by atoms with Crippen LogP contribution in [-0.4, -0.2) is 20.3 Å². The molecule has 2 rings (SSSR count). The largest absolute Gasteiger partial charge is 0.384 e. The van der Waals surface area contributed by atoms with Crippen LogP contribution in [0, 0.1) is 12.8 Å². The van der Waals surface area contributed by atoms with Gasteiger partial charge in [0.05, 0.1) is 6.61 Å². The van der Waals surface area contributed by atoms with Gasteiger partial charge in [-0.25, -0.2) is 0 Å². The lowest BCUT2D eigenvalue weighted by Gasteiger charge is -2.32. The fourth-order valence-electron chi connectivity index (χ4n) is 2.60. The number of nitrogens with one attached hydrogen (secondary N) is 1. The molecule has 1 aliphatic rings. The lowest BCUT2D eigenvalue weighted by atomic mass is 9.86. The molecule has 1 heterocycles. The lowest BCUT2D eigenvalue weighted by Crippen LogP contribution is -2.36. The molecule has 0 aliphatic carbocycles. The lowest BCUT2D eigenvalue weighted by molar-refractivity contribution is 0.112. The van der Waals surface area contributed by atoms with E-state index in [1.165, 1.54) is 24.0 Å². The van der Waals surface area contributed by atoms with Crippen molar-refractivity contribution in [3.05, 3.63) is 35.4 Å². The zero-order valence-corrected chi connectivity index (χ0v) is 10.2. The second-order valence-electron chi connectivity index (χ2n) is 4.70. The summed E-state index contributed by atoms with van der Waals surface area (Å²) in [4.78, 5) is 0. The second-order valence-corrected chi connectivity index (χ2v) is 4.70. The molecule has 0 amide bonds. The van der Waals surface area contributed by atoms with Gasteiger partial charge < -0.3 is 10.1 Å². The molecule has 16 heavy (non-hydrogen) atoms. The summed E-state index contributed by atoms with van der Waals surface area (Å²) in [5.74, 6) is 0.612. The van der Waals surface area contributed by atoms with Crippen molar-refractivity contribution in [1.29, 1.82) is 0 Å². The number of hydrogen-bond acceptors (Lipinski definition) is 2. The van der Waals surface area contributed by atoms with Crippen molar-refractivity contribution in [2.45, 2.75) is 25.8 Å². The van der Waals surface area contributed by atoms with E-state index in [4.69, 9.17) is 4.74 Å². The van der Waals surface area contributed by atoms with Crippen molar-refractivity contribution in [2.75, 3.05) is 20.3 Å². The third-order valence-corrected chi connectivity index (χ3v) is 3.37. The average molecular weight is 219 g/mol. The van der Waals surface area contributed by atoms with E-state index in [1.807, 2.05) is 0 Å². The Hall–Kier alpha value is -0.860. The highest BCUT2D eigenvalue weighted by atomic mass is 16.5.